The van der Waals surface area contributed by atoms with E-state index in [0.717, 1.165) is 21.1 Å². The Bertz CT molecular complexity index is 664. The van der Waals surface area contributed by atoms with Crippen molar-refractivity contribution in [3.05, 3.63) is 62.5 Å². The van der Waals surface area contributed by atoms with E-state index in [2.05, 4.69) is 44.8 Å². The number of carbonyl (C=O) groups excluding carboxylic acids is 1. The number of para-hydroxylation sites is 1. The number of hydrogen-bond donors (Lipinski definition) is 0. The van der Waals surface area contributed by atoms with Crippen LogP contribution in [0.3, 0.4) is 0 Å². The van der Waals surface area contributed by atoms with E-state index in [1.165, 1.54) is 5.56 Å². The second-order valence-electron chi connectivity index (χ2n) is 5.02. The molecule has 2 aromatic rings. The SMILES string of the molecule is CC1Cc2ccccc2N1C(=O)c1cc(Br)cc(Br)c1. The van der Waals surface area contributed by atoms with Gasteiger partial charge in [-0.3, -0.25) is 4.79 Å². The lowest BCUT2D eigenvalue weighted by atomic mass is 10.1. The number of amides is 1. The van der Waals surface area contributed by atoms with Gasteiger partial charge in [-0.2, -0.15) is 0 Å². The van der Waals surface area contributed by atoms with Crippen molar-refractivity contribution in [2.75, 3.05) is 4.90 Å². The van der Waals surface area contributed by atoms with Crippen LogP contribution in [0.15, 0.2) is 51.4 Å². The summed E-state index contributed by atoms with van der Waals surface area (Å²) < 4.78 is 1.80. The largest absolute Gasteiger partial charge is 0.305 e. The third-order valence-corrected chi connectivity index (χ3v) is 4.45. The van der Waals surface area contributed by atoms with E-state index in [9.17, 15) is 4.79 Å². The predicted octanol–water partition coefficient (Wildman–Crippen LogP) is 4.80. The van der Waals surface area contributed by atoms with Crippen molar-refractivity contribution in [1.82, 2.24) is 0 Å². The number of fused-ring (bicyclic) bond motifs is 1. The molecule has 0 saturated heterocycles. The molecule has 2 nitrogen and oxygen atoms in total. The lowest BCUT2D eigenvalue weighted by Gasteiger charge is -2.23. The minimum absolute atomic E-state index is 0.0458. The highest BCUT2D eigenvalue weighted by Crippen LogP contribution is 2.33. The minimum atomic E-state index is 0.0458. The molecular formula is C16H13Br2NO. The maximum atomic E-state index is 12.8. The van der Waals surface area contributed by atoms with Crippen LogP contribution in [0.25, 0.3) is 0 Å². The average molecular weight is 395 g/mol. The van der Waals surface area contributed by atoms with Gasteiger partial charge in [-0.05, 0) is 43.2 Å². The molecule has 0 aliphatic carbocycles. The zero-order chi connectivity index (χ0) is 14.3. The van der Waals surface area contributed by atoms with E-state index in [0.29, 0.717) is 5.56 Å². The normalized spacial score (nSPS) is 17.1. The molecule has 3 rings (SSSR count). The van der Waals surface area contributed by atoms with Gasteiger partial charge in [0, 0.05) is 26.2 Å². The van der Waals surface area contributed by atoms with Crippen LogP contribution in [0.2, 0.25) is 0 Å². The van der Waals surface area contributed by atoms with Crippen LogP contribution >= 0.6 is 31.9 Å². The van der Waals surface area contributed by atoms with Crippen molar-refractivity contribution in [1.29, 1.82) is 0 Å². The number of nitrogens with zero attached hydrogens (tertiary/aromatic N) is 1. The molecule has 2 aromatic carbocycles. The van der Waals surface area contributed by atoms with Gasteiger partial charge >= 0.3 is 0 Å². The van der Waals surface area contributed by atoms with E-state index in [-0.39, 0.29) is 11.9 Å². The zero-order valence-electron chi connectivity index (χ0n) is 10.9. The van der Waals surface area contributed by atoms with Crippen LogP contribution in [0, 0.1) is 0 Å². The first-order chi connectivity index (χ1) is 9.56. The monoisotopic (exact) mass is 393 g/mol. The van der Waals surface area contributed by atoms with Gasteiger partial charge in [0.15, 0.2) is 0 Å². The molecule has 4 heteroatoms. The lowest BCUT2D eigenvalue weighted by Crippen LogP contribution is -2.35. The van der Waals surface area contributed by atoms with Gasteiger partial charge in [0.1, 0.15) is 0 Å². The summed E-state index contributed by atoms with van der Waals surface area (Å²) in [6.45, 7) is 2.09. The zero-order valence-corrected chi connectivity index (χ0v) is 14.1. The smallest absolute Gasteiger partial charge is 0.258 e. The number of rotatable bonds is 1. The summed E-state index contributed by atoms with van der Waals surface area (Å²) in [6.07, 6.45) is 0.914. The summed E-state index contributed by atoms with van der Waals surface area (Å²) >= 11 is 6.87. The van der Waals surface area contributed by atoms with Gasteiger partial charge < -0.3 is 4.90 Å². The Kier molecular flexibility index (Phi) is 3.69. The van der Waals surface area contributed by atoms with Gasteiger partial charge in [0.2, 0.25) is 0 Å². The second kappa shape index (κ2) is 5.34. The van der Waals surface area contributed by atoms with Crippen LogP contribution in [0.4, 0.5) is 5.69 Å². The number of halogens is 2. The van der Waals surface area contributed by atoms with Crippen molar-refractivity contribution in [3.63, 3.8) is 0 Å². The molecule has 1 heterocycles. The standard InChI is InChI=1S/C16H13Br2NO/c1-10-6-11-4-2-3-5-15(11)19(10)16(20)12-7-13(17)9-14(18)8-12/h2-5,7-10H,6H2,1H3. The number of hydrogen-bond acceptors (Lipinski definition) is 1. The first kappa shape index (κ1) is 13.8. The summed E-state index contributed by atoms with van der Waals surface area (Å²) in [5.74, 6) is 0.0458. The van der Waals surface area contributed by atoms with E-state index < -0.39 is 0 Å². The Morgan fingerprint density at radius 3 is 2.50 bits per heavy atom. The molecule has 20 heavy (non-hydrogen) atoms. The molecule has 0 N–H and O–H groups in total. The molecule has 1 unspecified atom stereocenters. The molecule has 1 atom stereocenters. The molecule has 102 valence electrons. The second-order valence-corrected chi connectivity index (χ2v) is 6.85. The van der Waals surface area contributed by atoms with Crippen LogP contribution in [0.5, 0.6) is 0 Å². The fourth-order valence-corrected chi connectivity index (χ4v) is 3.99. The number of carbonyl (C=O) groups is 1. The Labute approximate surface area is 135 Å². The van der Waals surface area contributed by atoms with Crippen LogP contribution in [0.1, 0.15) is 22.8 Å². The van der Waals surface area contributed by atoms with Crippen molar-refractivity contribution in [2.24, 2.45) is 0 Å². The van der Waals surface area contributed by atoms with Gasteiger partial charge in [-0.15, -0.1) is 0 Å². The van der Waals surface area contributed by atoms with Crippen LogP contribution < -0.4 is 4.90 Å². The Hall–Kier alpha value is -1.13. The lowest BCUT2D eigenvalue weighted by molar-refractivity contribution is 0.0981. The van der Waals surface area contributed by atoms with Crippen LogP contribution in [-0.2, 0) is 6.42 Å². The molecular weight excluding hydrogens is 382 g/mol. The maximum absolute atomic E-state index is 12.8. The third-order valence-electron chi connectivity index (χ3n) is 3.54. The first-order valence-electron chi connectivity index (χ1n) is 6.44. The molecule has 1 amide bonds. The average Bonchev–Trinajstić information content (AvgIpc) is 2.72. The fourth-order valence-electron chi connectivity index (χ4n) is 2.69. The summed E-state index contributed by atoms with van der Waals surface area (Å²) in [4.78, 5) is 14.7. The third kappa shape index (κ3) is 2.42. The van der Waals surface area contributed by atoms with E-state index >= 15 is 0 Å². The van der Waals surface area contributed by atoms with Crippen molar-refractivity contribution >= 4 is 43.5 Å². The quantitative estimate of drug-likeness (QED) is 0.680. The molecule has 0 spiro atoms. The highest BCUT2D eigenvalue weighted by atomic mass is 79.9. The molecule has 0 fully saturated rings. The number of anilines is 1. The molecule has 0 bridgehead atoms. The fraction of sp³-hybridized carbons (Fsp3) is 0.188. The summed E-state index contributed by atoms with van der Waals surface area (Å²) in [7, 11) is 0. The van der Waals surface area contributed by atoms with Crippen molar-refractivity contribution in [2.45, 2.75) is 19.4 Å². The summed E-state index contributed by atoms with van der Waals surface area (Å²) in [5.41, 5.74) is 2.96. The topological polar surface area (TPSA) is 20.3 Å². The highest BCUT2D eigenvalue weighted by Gasteiger charge is 2.31. The van der Waals surface area contributed by atoms with E-state index in [1.807, 2.05) is 41.3 Å². The van der Waals surface area contributed by atoms with Crippen LogP contribution in [-0.4, -0.2) is 11.9 Å². The maximum Gasteiger partial charge on any atom is 0.258 e. The Balaban J connectivity index is 2.02. The van der Waals surface area contributed by atoms with E-state index in [4.69, 9.17) is 0 Å². The summed E-state index contributed by atoms with van der Waals surface area (Å²) in [5, 5.41) is 0. The van der Waals surface area contributed by atoms with E-state index in [1.54, 1.807) is 0 Å². The molecule has 1 aliphatic rings. The van der Waals surface area contributed by atoms with Crippen molar-refractivity contribution < 1.29 is 4.79 Å². The molecule has 1 aliphatic heterocycles. The molecule has 0 radical (unpaired) electrons. The minimum Gasteiger partial charge on any atom is -0.305 e. The Morgan fingerprint density at radius 2 is 1.80 bits per heavy atom. The summed E-state index contributed by atoms with van der Waals surface area (Å²) in [6, 6.07) is 14.0. The van der Waals surface area contributed by atoms with Gasteiger partial charge in [0.25, 0.3) is 5.91 Å². The van der Waals surface area contributed by atoms with Gasteiger partial charge in [-0.25, -0.2) is 0 Å². The highest BCUT2D eigenvalue weighted by molar-refractivity contribution is 9.11. The molecule has 0 saturated carbocycles. The van der Waals surface area contributed by atoms with Gasteiger partial charge in [0.05, 0.1) is 0 Å². The van der Waals surface area contributed by atoms with Gasteiger partial charge in [-0.1, -0.05) is 50.1 Å². The van der Waals surface area contributed by atoms with Crippen molar-refractivity contribution in [3.8, 4) is 0 Å². The Morgan fingerprint density at radius 1 is 1.15 bits per heavy atom. The molecule has 0 aromatic heterocycles. The number of benzene rings is 2. The first-order valence-corrected chi connectivity index (χ1v) is 8.02. The predicted molar refractivity (Wildman–Crippen MR) is 88.3 cm³/mol.